The molecule has 1 aromatic rings. The number of carbonyl (C=O) groups excluding carboxylic acids is 1. The quantitative estimate of drug-likeness (QED) is 0.898. The number of ether oxygens (including phenoxy) is 1. The molecule has 1 aliphatic rings. The van der Waals surface area contributed by atoms with Crippen LogP contribution >= 0.6 is 11.6 Å². The number of rotatable bonds is 4. The molecule has 0 aromatic heterocycles. The molecule has 21 heavy (non-hydrogen) atoms. The van der Waals surface area contributed by atoms with Crippen molar-refractivity contribution in [2.24, 2.45) is 0 Å². The van der Waals surface area contributed by atoms with E-state index in [-0.39, 0.29) is 18.2 Å². The number of carbonyl (C=O) groups is 1. The van der Waals surface area contributed by atoms with E-state index in [1.54, 1.807) is 24.3 Å². The third kappa shape index (κ3) is 5.53. The lowest BCUT2D eigenvalue weighted by atomic mass is 10.2. The SMILES string of the molecule is C[C@H]1CN(CCNC(=O)Nc2cccc(Cl)c2)C[C@H](C)O1. The molecular formula is C15H22ClN3O2. The maximum absolute atomic E-state index is 11.8. The Hall–Kier alpha value is -1.30. The van der Waals surface area contributed by atoms with E-state index in [2.05, 4.69) is 29.4 Å². The van der Waals surface area contributed by atoms with E-state index in [0.717, 1.165) is 19.6 Å². The highest BCUT2D eigenvalue weighted by Crippen LogP contribution is 2.14. The fourth-order valence-corrected chi connectivity index (χ4v) is 2.73. The van der Waals surface area contributed by atoms with Gasteiger partial charge in [0.25, 0.3) is 0 Å². The van der Waals surface area contributed by atoms with Crippen molar-refractivity contribution in [2.45, 2.75) is 26.1 Å². The monoisotopic (exact) mass is 311 g/mol. The molecule has 5 nitrogen and oxygen atoms in total. The van der Waals surface area contributed by atoms with Gasteiger partial charge in [0.2, 0.25) is 0 Å². The van der Waals surface area contributed by atoms with Crippen LogP contribution in [0, 0.1) is 0 Å². The summed E-state index contributed by atoms with van der Waals surface area (Å²) < 4.78 is 5.68. The van der Waals surface area contributed by atoms with E-state index in [9.17, 15) is 4.79 Å². The smallest absolute Gasteiger partial charge is 0.319 e. The number of nitrogens with one attached hydrogen (secondary N) is 2. The van der Waals surface area contributed by atoms with E-state index >= 15 is 0 Å². The Morgan fingerprint density at radius 2 is 2.10 bits per heavy atom. The molecule has 1 aliphatic heterocycles. The van der Waals surface area contributed by atoms with Crippen LogP contribution in [0.15, 0.2) is 24.3 Å². The van der Waals surface area contributed by atoms with Gasteiger partial charge in [-0.25, -0.2) is 4.79 Å². The van der Waals surface area contributed by atoms with Crippen molar-refractivity contribution in [3.05, 3.63) is 29.3 Å². The normalized spacial score (nSPS) is 22.8. The fraction of sp³-hybridized carbons (Fsp3) is 0.533. The van der Waals surface area contributed by atoms with Crippen molar-refractivity contribution in [3.8, 4) is 0 Å². The summed E-state index contributed by atoms with van der Waals surface area (Å²) in [6, 6.07) is 6.87. The average Bonchev–Trinajstić information content (AvgIpc) is 2.37. The summed E-state index contributed by atoms with van der Waals surface area (Å²) in [5.74, 6) is 0. The van der Waals surface area contributed by atoms with Gasteiger partial charge in [-0.15, -0.1) is 0 Å². The van der Waals surface area contributed by atoms with Gasteiger partial charge in [0.1, 0.15) is 0 Å². The van der Waals surface area contributed by atoms with Crippen LogP contribution in [-0.4, -0.2) is 49.3 Å². The maximum atomic E-state index is 11.8. The molecule has 116 valence electrons. The molecule has 0 bridgehead atoms. The average molecular weight is 312 g/mol. The first-order chi connectivity index (χ1) is 10.0. The molecule has 0 aliphatic carbocycles. The minimum absolute atomic E-state index is 0.216. The number of anilines is 1. The van der Waals surface area contributed by atoms with Gasteiger partial charge >= 0.3 is 6.03 Å². The summed E-state index contributed by atoms with van der Waals surface area (Å²) in [4.78, 5) is 14.1. The second-order valence-electron chi connectivity index (χ2n) is 5.41. The van der Waals surface area contributed by atoms with Crippen molar-refractivity contribution < 1.29 is 9.53 Å². The van der Waals surface area contributed by atoms with Gasteiger partial charge in [0.05, 0.1) is 12.2 Å². The van der Waals surface area contributed by atoms with Crippen LogP contribution in [-0.2, 0) is 4.74 Å². The van der Waals surface area contributed by atoms with Crippen LogP contribution in [0.25, 0.3) is 0 Å². The molecule has 0 radical (unpaired) electrons. The van der Waals surface area contributed by atoms with Crippen LogP contribution in [0.5, 0.6) is 0 Å². The molecule has 1 saturated heterocycles. The molecule has 2 N–H and O–H groups in total. The highest BCUT2D eigenvalue weighted by molar-refractivity contribution is 6.30. The molecule has 0 unspecified atom stereocenters. The van der Waals surface area contributed by atoms with Crippen molar-refractivity contribution in [3.63, 3.8) is 0 Å². The topological polar surface area (TPSA) is 53.6 Å². The van der Waals surface area contributed by atoms with Gasteiger partial charge in [-0.3, -0.25) is 4.90 Å². The number of nitrogens with zero attached hydrogens (tertiary/aromatic N) is 1. The van der Waals surface area contributed by atoms with E-state index in [1.807, 2.05) is 0 Å². The molecule has 2 rings (SSSR count). The minimum atomic E-state index is -0.216. The van der Waals surface area contributed by atoms with E-state index < -0.39 is 0 Å². The van der Waals surface area contributed by atoms with E-state index in [4.69, 9.17) is 16.3 Å². The molecule has 1 fully saturated rings. The molecule has 2 atom stereocenters. The highest BCUT2D eigenvalue weighted by Gasteiger charge is 2.21. The van der Waals surface area contributed by atoms with Crippen molar-refractivity contribution in [1.82, 2.24) is 10.2 Å². The largest absolute Gasteiger partial charge is 0.373 e. The van der Waals surface area contributed by atoms with Gasteiger partial charge in [-0.05, 0) is 32.0 Å². The Labute approximate surface area is 130 Å². The zero-order valence-corrected chi connectivity index (χ0v) is 13.2. The van der Waals surface area contributed by atoms with Crippen LogP contribution in [0.1, 0.15) is 13.8 Å². The Kier molecular flexibility index (Phi) is 5.85. The Morgan fingerprint density at radius 1 is 1.38 bits per heavy atom. The standard InChI is InChI=1S/C15H22ClN3O2/c1-11-9-19(10-12(2)21-11)7-6-17-15(20)18-14-5-3-4-13(16)8-14/h3-5,8,11-12H,6-7,9-10H2,1-2H3,(H2,17,18,20)/t11-,12-/m0/s1. The van der Waals surface area contributed by atoms with Crippen LogP contribution < -0.4 is 10.6 Å². The number of halogens is 1. The third-order valence-corrected chi connectivity index (χ3v) is 3.53. The van der Waals surface area contributed by atoms with Crippen LogP contribution in [0.2, 0.25) is 5.02 Å². The number of hydrogen-bond donors (Lipinski definition) is 2. The second kappa shape index (κ2) is 7.64. The van der Waals surface area contributed by atoms with Crippen molar-refractivity contribution >= 4 is 23.3 Å². The summed E-state index contributed by atoms with van der Waals surface area (Å²) >= 11 is 5.87. The number of hydrogen-bond acceptors (Lipinski definition) is 3. The molecule has 2 amide bonds. The lowest BCUT2D eigenvalue weighted by Crippen LogP contribution is -2.48. The Bertz CT molecular complexity index is 474. The van der Waals surface area contributed by atoms with Gasteiger partial charge in [0, 0.05) is 36.9 Å². The minimum Gasteiger partial charge on any atom is -0.373 e. The van der Waals surface area contributed by atoms with E-state index in [0.29, 0.717) is 17.3 Å². The third-order valence-electron chi connectivity index (χ3n) is 3.29. The molecule has 0 spiro atoms. The lowest BCUT2D eigenvalue weighted by molar-refractivity contribution is -0.0672. The second-order valence-corrected chi connectivity index (χ2v) is 5.84. The molecule has 0 saturated carbocycles. The summed E-state index contributed by atoms with van der Waals surface area (Å²) in [6.45, 7) is 7.38. The predicted octanol–water partition coefficient (Wildman–Crippen LogP) is 2.57. The van der Waals surface area contributed by atoms with Gasteiger partial charge in [0.15, 0.2) is 0 Å². The van der Waals surface area contributed by atoms with Gasteiger partial charge < -0.3 is 15.4 Å². The lowest BCUT2D eigenvalue weighted by Gasteiger charge is -2.35. The molecule has 1 heterocycles. The molecular weight excluding hydrogens is 290 g/mol. The Morgan fingerprint density at radius 3 is 2.76 bits per heavy atom. The number of benzene rings is 1. The predicted molar refractivity (Wildman–Crippen MR) is 84.9 cm³/mol. The fourth-order valence-electron chi connectivity index (χ4n) is 2.54. The first-order valence-corrected chi connectivity index (χ1v) is 7.59. The summed E-state index contributed by atoms with van der Waals surface area (Å²) in [6.07, 6.45) is 0.489. The van der Waals surface area contributed by atoms with Gasteiger partial charge in [-0.2, -0.15) is 0 Å². The summed E-state index contributed by atoms with van der Waals surface area (Å²) in [5.41, 5.74) is 0.689. The first-order valence-electron chi connectivity index (χ1n) is 7.21. The summed E-state index contributed by atoms with van der Waals surface area (Å²) in [7, 11) is 0. The zero-order chi connectivity index (χ0) is 15.2. The Balaban J connectivity index is 1.69. The van der Waals surface area contributed by atoms with Crippen LogP contribution in [0.4, 0.5) is 10.5 Å². The maximum Gasteiger partial charge on any atom is 0.319 e. The highest BCUT2D eigenvalue weighted by atomic mass is 35.5. The number of urea groups is 1. The van der Waals surface area contributed by atoms with Gasteiger partial charge in [-0.1, -0.05) is 17.7 Å². The van der Waals surface area contributed by atoms with Crippen molar-refractivity contribution in [2.75, 3.05) is 31.5 Å². The van der Waals surface area contributed by atoms with Crippen molar-refractivity contribution in [1.29, 1.82) is 0 Å². The number of morpholine rings is 1. The van der Waals surface area contributed by atoms with E-state index in [1.165, 1.54) is 0 Å². The first kappa shape index (κ1) is 16.1. The molecule has 6 heteroatoms. The zero-order valence-electron chi connectivity index (χ0n) is 12.4. The number of amides is 2. The van der Waals surface area contributed by atoms with Crippen LogP contribution in [0.3, 0.4) is 0 Å². The molecule has 1 aromatic carbocycles. The summed E-state index contributed by atoms with van der Waals surface area (Å²) in [5, 5.41) is 6.21.